The highest BCUT2D eigenvalue weighted by molar-refractivity contribution is 5.87. The minimum atomic E-state index is 0.272. The molecule has 0 saturated carbocycles. The van der Waals surface area contributed by atoms with Crippen molar-refractivity contribution < 1.29 is 0 Å². The highest BCUT2D eigenvalue weighted by Gasteiger charge is 2.20. The summed E-state index contributed by atoms with van der Waals surface area (Å²) in [5.41, 5.74) is 3.96. The number of hydrogen-bond donors (Lipinski definition) is 2. The third-order valence-electron chi connectivity index (χ3n) is 5.95. The van der Waals surface area contributed by atoms with Gasteiger partial charge in [0.05, 0.1) is 11.7 Å². The summed E-state index contributed by atoms with van der Waals surface area (Å²) in [5, 5.41) is 12.7. The number of para-hydroxylation sites is 1. The number of aromatic nitrogens is 5. The number of nitrogens with one attached hydrogen (secondary N) is 2. The summed E-state index contributed by atoms with van der Waals surface area (Å²) in [6.45, 7) is 8.67. The van der Waals surface area contributed by atoms with Crippen LogP contribution >= 0.6 is 0 Å². The second kappa shape index (κ2) is 8.47. The summed E-state index contributed by atoms with van der Waals surface area (Å²) in [5.74, 6) is 1.58. The van der Waals surface area contributed by atoms with Crippen molar-refractivity contribution in [3.63, 3.8) is 0 Å². The molecule has 1 aliphatic rings. The molecule has 1 saturated heterocycles. The number of piperazine rings is 1. The summed E-state index contributed by atoms with van der Waals surface area (Å²) in [6, 6.07) is 10.6. The summed E-state index contributed by atoms with van der Waals surface area (Å²) in [6.07, 6.45) is 4.78. The van der Waals surface area contributed by atoms with Crippen LogP contribution in [0, 0.1) is 0 Å². The van der Waals surface area contributed by atoms with E-state index in [2.05, 4.69) is 51.6 Å². The number of anilines is 2. The minimum absolute atomic E-state index is 0.272. The molecule has 8 nitrogen and oxygen atoms in total. The van der Waals surface area contributed by atoms with Gasteiger partial charge >= 0.3 is 0 Å². The molecule has 31 heavy (non-hydrogen) atoms. The van der Waals surface area contributed by atoms with Gasteiger partial charge in [0.1, 0.15) is 11.0 Å². The lowest BCUT2D eigenvalue weighted by Gasteiger charge is -2.27. The fourth-order valence-corrected chi connectivity index (χ4v) is 3.99. The highest BCUT2D eigenvalue weighted by Crippen LogP contribution is 2.27. The molecule has 0 spiro atoms. The van der Waals surface area contributed by atoms with Crippen molar-refractivity contribution in [3.05, 3.63) is 48.3 Å². The number of pyridine rings is 1. The van der Waals surface area contributed by atoms with E-state index < -0.39 is 0 Å². The monoisotopic (exact) mass is 416 g/mol. The Labute approximate surface area is 181 Å². The molecule has 0 amide bonds. The standard InChI is InChI=1S/C23H28N8/c1-3-16(2)31-21-20(15-27-31)28-23(30-10-8-24-9-11-30)29-22(21)26-14-17-12-18-6-4-5-7-19(18)25-13-17/h4-7,12-13,15-16,24H,3,8-11,14H2,1-2H3,(H,26,28,29). The molecule has 0 radical (unpaired) electrons. The van der Waals surface area contributed by atoms with Gasteiger partial charge in [-0.1, -0.05) is 25.1 Å². The van der Waals surface area contributed by atoms with Gasteiger partial charge in [0.2, 0.25) is 5.95 Å². The van der Waals surface area contributed by atoms with Crippen LogP contribution in [0.4, 0.5) is 11.8 Å². The average molecular weight is 417 g/mol. The van der Waals surface area contributed by atoms with E-state index in [9.17, 15) is 0 Å². The molecule has 3 aromatic heterocycles. The fourth-order valence-electron chi connectivity index (χ4n) is 3.99. The Morgan fingerprint density at radius 2 is 1.94 bits per heavy atom. The van der Waals surface area contributed by atoms with Crippen LogP contribution in [0.1, 0.15) is 31.9 Å². The number of nitrogens with zero attached hydrogens (tertiary/aromatic N) is 6. The first-order valence-electron chi connectivity index (χ1n) is 11.0. The van der Waals surface area contributed by atoms with Gasteiger partial charge in [0.15, 0.2) is 5.82 Å². The zero-order chi connectivity index (χ0) is 21.2. The average Bonchev–Trinajstić information content (AvgIpc) is 3.26. The van der Waals surface area contributed by atoms with Crippen LogP contribution in [0.15, 0.2) is 42.7 Å². The quantitative estimate of drug-likeness (QED) is 0.499. The van der Waals surface area contributed by atoms with Gasteiger partial charge in [-0.15, -0.1) is 0 Å². The van der Waals surface area contributed by atoms with Gasteiger partial charge < -0.3 is 15.5 Å². The van der Waals surface area contributed by atoms with Crippen LogP contribution in [0.25, 0.3) is 21.9 Å². The van der Waals surface area contributed by atoms with Gasteiger partial charge in [0.25, 0.3) is 0 Å². The van der Waals surface area contributed by atoms with Gasteiger partial charge in [-0.3, -0.25) is 9.67 Å². The summed E-state index contributed by atoms with van der Waals surface area (Å²) >= 11 is 0. The molecule has 160 valence electrons. The normalized spacial score (nSPS) is 15.5. The molecule has 0 bridgehead atoms. The number of benzene rings is 1. The predicted octanol–water partition coefficient (Wildman–Crippen LogP) is 3.37. The van der Waals surface area contributed by atoms with Crippen LogP contribution in [0.2, 0.25) is 0 Å². The number of rotatable bonds is 6. The van der Waals surface area contributed by atoms with Crippen molar-refractivity contribution in [2.75, 3.05) is 36.4 Å². The molecule has 4 heterocycles. The van der Waals surface area contributed by atoms with Crippen molar-refractivity contribution in [2.45, 2.75) is 32.9 Å². The topological polar surface area (TPSA) is 83.8 Å². The van der Waals surface area contributed by atoms with Crippen LogP contribution < -0.4 is 15.5 Å². The summed E-state index contributed by atoms with van der Waals surface area (Å²) in [7, 11) is 0. The zero-order valence-corrected chi connectivity index (χ0v) is 18.0. The number of fused-ring (bicyclic) bond motifs is 2. The highest BCUT2D eigenvalue weighted by atomic mass is 15.3. The smallest absolute Gasteiger partial charge is 0.228 e. The molecule has 8 heteroatoms. The Morgan fingerprint density at radius 3 is 2.77 bits per heavy atom. The molecule has 1 aromatic carbocycles. The molecular formula is C23H28N8. The lowest BCUT2D eigenvalue weighted by atomic mass is 10.1. The maximum absolute atomic E-state index is 4.95. The Balaban J connectivity index is 1.51. The lowest BCUT2D eigenvalue weighted by molar-refractivity contribution is 0.493. The Morgan fingerprint density at radius 1 is 1.10 bits per heavy atom. The largest absolute Gasteiger partial charge is 0.364 e. The van der Waals surface area contributed by atoms with Crippen LogP contribution in [0.5, 0.6) is 0 Å². The first kappa shape index (κ1) is 19.7. The van der Waals surface area contributed by atoms with E-state index in [4.69, 9.17) is 9.97 Å². The van der Waals surface area contributed by atoms with E-state index in [1.807, 2.05) is 35.3 Å². The van der Waals surface area contributed by atoms with Crippen molar-refractivity contribution in [3.8, 4) is 0 Å². The third kappa shape index (κ3) is 3.90. The molecule has 1 atom stereocenters. The summed E-state index contributed by atoms with van der Waals surface area (Å²) < 4.78 is 2.04. The second-order valence-electron chi connectivity index (χ2n) is 8.08. The molecule has 4 aromatic rings. The van der Waals surface area contributed by atoms with Crippen molar-refractivity contribution in [1.82, 2.24) is 30.0 Å². The van der Waals surface area contributed by atoms with Crippen LogP contribution in [-0.2, 0) is 6.54 Å². The molecule has 2 N–H and O–H groups in total. The van der Waals surface area contributed by atoms with E-state index in [0.717, 1.165) is 71.9 Å². The second-order valence-corrected chi connectivity index (χ2v) is 8.08. The van der Waals surface area contributed by atoms with Gasteiger partial charge in [0, 0.05) is 50.3 Å². The zero-order valence-electron chi connectivity index (χ0n) is 18.0. The van der Waals surface area contributed by atoms with Gasteiger partial charge in [-0.25, -0.2) is 4.98 Å². The molecule has 1 fully saturated rings. The SMILES string of the molecule is CCC(C)n1ncc2nc(N3CCNCC3)nc(NCc3cnc4ccccc4c3)c21. The van der Waals surface area contributed by atoms with Crippen molar-refractivity contribution in [2.24, 2.45) is 0 Å². The van der Waals surface area contributed by atoms with E-state index in [0.29, 0.717) is 6.54 Å². The Hall–Kier alpha value is -3.26. The van der Waals surface area contributed by atoms with Gasteiger partial charge in [-0.2, -0.15) is 10.1 Å². The van der Waals surface area contributed by atoms with Crippen LogP contribution in [-0.4, -0.2) is 50.9 Å². The van der Waals surface area contributed by atoms with E-state index in [1.54, 1.807) is 0 Å². The first-order chi connectivity index (χ1) is 15.2. The lowest BCUT2D eigenvalue weighted by Crippen LogP contribution is -2.44. The molecule has 5 rings (SSSR count). The maximum atomic E-state index is 4.95. The van der Waals surface area contributed by atoms with Gasteiger partial charge in [-0.05, 0) is 31.0 Å². The van der Waals surface area contributed by atoms with Crippen LogP contribution in [0.3, 0.4) is 0 Å². The Bertz CT molecular complexity index is 1190. The maximum Gasteiger partial charge on any atom is 0.228 e. The molecular weight excluding hydrogens is 388 g/mol. The van der Waals surface area contributed by atoms with Crippen molar-refractivity contribution >= 4 is 33.7 Å². The molecule has 0 aliphatic carbocycles. The molecule has 1 unspecified atom stereocenters. The summed E-state index contributed by atoms with van der Waals surface area (Å²) in [4.78, 5) is 16.6. The Kier molecular flexibility index (Phi) is 5.38. The van der Waals surface area contributed by atoms with Crippen molar-refractivity contribution in [1.29, 1.82) is 0 Å². The third-order valence-corrected chi connectivity index (χ3v) is 5.95. The molecule has 1 aliphatic heterocycles. The minimum Gasteiger partial charge on any atom is -0.364 e. The predicted molar refractivity (Wildman–Crippen MR) is 124 cm³/mol. The first-order valence-corrected chi connectivity index (χ1v) is 11.0. The van der Waals surface area contributed by atoms with E-state index >= 15 is 0 Å². The fraction of sp³-hybridized carbons (Fsp3) is 0.391. The van der Waals surface area contributed by atoms with E-state index in [-0.39, 0.29) is 6.04 Å². The number of hydrogen-bond acceptors (Lipinski definition) is 7. The van der Waals surface area contributed by atoms with E-state index in [1.165, 1.54) is 0 Å².